The summed E-state index contributed by atoms with van der Waals surface area (Å²) in [6.07, 6.45) is 1.27. The summed E-state index contributed by atoms with van der Waals surface area (Å²) in [5.74, 6) is 0.595. The minimum Gasteiger partial charge on any atom is -0.390 e. The Labute approximate surface area is 139 Å². The highest BCUT2D eigenvalue weighted by Crippen LogP contribution is 2.43. The van der Waals surface area contributed by atoms with E-state index in [1.807, 2.05) is 6.07 Å². The fourth-order valence-electron chi connectivity index (χ4n) is 3.70. The van der Waals surface area contributed by atoms with Crippen molar-refractivity contribution in [1.82, 2.24) is 9.55 Å². The summed E-state index contributed by atoms with van der Waals surface area (Å²) in [5.41, 5.74) is 3.83. The standard InChI is InChI=1S/C18H20N2O2S/c1-3-18(2)8-11-6-4-5-7-13(11)15-14(18)16(22)20-9-12(21)10-23-17(20)19-15/h4-7,12,21H,3,8-10H2,1-2H3/t12-,18-/m0/s1. The fraction of sp³-hybridized carbons (Fsp3) is 0.444. The highest BCUT2D eigenvalue weighted by atomic mass is 32.2. The normalized spacial score (nSPS) is 25.4. The van der Waals surface area contributed by atoms with Gasteiger partial charge in [0, 0.05) is 16.7 Å². The van der Waals surface area contributed by atoms with Gasteiger partial charge in [-0.05, 0) is 18.4 Å². The van der Waals surface area contributed by atoms with Gasteiger partial charge in [-0.1, -0.05) is 49.9 Å². The molecule has 0 saturated heterocycles. The van der Waals surface area contributed by atoms with Crippen LogP contribution in [0.3, 0.4) is 0 Å². The lowest BCUT2D eigenvalue weighted by Gasteiger charge is -2.36. The quantitative estimate of drug-likeness (QED) is 0.818. The maximum atomic E-state index is 13.2. The first kappa shape index (κ1) is 15.0. The van der Waals surface area contributed by atoms with Crippen LogP contribution in [-0.2, 0) is 18.4 Å². The van der Waals surface area contributed by atoms with Gasteiger partial charge in [-0.15, -0.1) is 0 Å². The van der Waals surface area contributed by atoms with Crippen molar-refractivity contribution in [3.05, 3.63) is 45.7 Å². The van der Waals surface area contributed by atoms with Crippen molar-refractivity contribution >= 4 is 11.8 Å². The van der Waals surface area contributed by atoms with Gasteiger partial charge in [0.15, 0.2) is 5.16 Å². The number of hydrogen-bond acceptors (Lipinski definition) is 4. The molecular weight excluding hydrogens is 308 g/mol. The molecule has 1 aliphatic heterocycles. The van der Waals surface area contributed by atoms with E-state index in [2.05, 4.69) is 32.0 Å². The molecule has 0 fully saturated rings. The van der Waals surface area contributed by atoms with Gasteiger partial charge in [0.1, 0.15) is 0 Å². The highest BCUT2D eigenvalue weighted by molar-refractivity contribution is 7.99. The van der Waals surface area contributed by atoms with E-state index in [0.717, 1.165) is 34.8 Å². The molecule has 4 rings (SSSR count). The van der Waals surface area contributed by atoms with Gasteiger partial charge in [0.2, 0.25) is 0 Å². The van der Waals surface area contributed by atoms with Crippen LogP contribution in [0.4, 0.5) is 0 Å². The van der Waals surface area contributed by atoms with Crippen molar-refractivity contribution in [2.24, 2.45) is 0 Å². The molecular formula is C18H20N2O2S. The molecule has 0 spiro atoms. The highest BCUT2D eigenvalue weighted by Gasteiger charge is 2.38. The molecule has 1 aliphatic carbocycles. The van der Waals surface area contributed by atoms with E-state index in [0.29, 0.717) is 12.3 Å². The van der Waals surface area contributed by atoms with Crippen LogP contribution in [0, 0.1) is 0 Å². The van der Waals surface area contributed by atoms with E-state index in [-0.39, 0.29) is 11.0 Å². The fourth-order valence-corrected chi connectivity index (χ4v) is 4.61. The molecule has 0 unspecified atom stereocenters. The van der Waals surface area contributed by atoms with Crippen molar-refractivity contribution in [1.29, 1.82) is 0 Å². The molecule has 4 nitrogen and oxygen atoms in total. The summed E-state index contributed by atoms with van der Waals surface area (Å²) in [7, 11) is 0. The average Bonchev–Trinajstić information content (AvgIpc) is 2.55. The molecule has 0 radical (unpaired) electrons. The number of aliphatic hydroxyl groups excluding tert-OH is 1. The average molecular weight is 328 g/mol. The predicted molar refractivity (Wildman–Crippen MR) is 92.0 cm³/mol. The Morgan fingerprint density at radius 2 is 2.22 bits per heavy atom. The van der Waals surface area contributed by atoms with Crippen LogP contribution in [0.1, 0.15) is 31.4 Å². The number of aliphatic hydroxyl groups is 1. The molecule has 0 bridgehead atoms. The Kier molecular flexibility index (Phi) is 3.39. The second-order valence-corrected chi connectivity index (χ2v) is 7.73. The first-order valence-electron chi connectivity index (χ1n) is 8.08. The van der Waals surface area contributed by atoms with Crippen molar-refractivity contribution in [3.8, 4) is 11.3 Å². The maximum absolute atomic E-state index is 13.2. The number of aromatic nitrogens is 2. The van der Waals surface area contributed by atoms with Crippen LogP contribution in [0.5, 0.6) is 0 Å². The smallest absolute Gasteiger partial charge is 0.258 e. The zero-order chi connectivity index (χ0) is 16.2. The van der Waals surface area contributed by atoms with Gasteiger partial charge in [-0.3, -0.25) is 9.36 Å². The van der Waals surface area contributed by atoms with Crippen molar-refractivity contribution < 1.29 is 5.11 Å². The summed E-state index contributed by atoms with van der Waals surface area (Å²) in [6.45, 7) is 4.64. The molecule has 23 heavy (non-hydrogen) atoms. The summed E-state index contributed by atoms with van der Waals surface area (Å²) >= 11 is 1.47. The molecule has 5 heteroatoms. The molecule has 2 heterocycles. The molecule has 2 aliphatic rings. The van der Waals surface area contributed by atoms with E-state index >= 15 is 0 Å². The monoisotopic (exact) mass is 328 g/mol. The summed E-state index contributed by atoms with van der Waals surface area (Å²) in [6, 6.07) is 8.26. The van der Waals surface area contributed by atoms with Crippen LogP contribution < -0.4 is 5.56 Å². The Balaban J connectivity index is 2.05. The Morgan fingerprint density at radius 1 is 1.43 bits per heavy atom. The second kappa shape index (κ2) is 5.21. The lowest BCUT2D eigenvalue weighted by atomic mass is 9.69. The van der Waals surface area contributed by atoms with Gasteiger partial charge in [0.05, 0.1) is 23.9 Å². The van der Waals surface area contributed by atoms with Crippen LogP contribution in [0.2, 0.25) is 0 Å². The van der Waals surface area contributed by atoms with Gasteiger partial charge >= 0.3 is 0 Å². The number of fused-ring (bicyclic) bond motifs is 4. The molecule has 0 saturated carbocycles. The topological polar surface area (TPSA) is 55.1 Å². The number of nitrogens with zero attached hydrogens (tertiary/aromatic N) is 2. The zero-order valence-electron chi connectivity index (χ0n) is 13.4. The molecule has 2 atom stereocenters. The number of benzene rings is 1. The van der Waals surface area contributed by atoms with Crippen LogP contribution >= 0.6 is 11.8 Å². The summed E-state index contributed by atoms with van der Waals surface area (Å²) in [4.78, 5) is 18.0. The molecule has 1 aromatic heterocycles. The third-order valence-corrected chi connectivity index (χ3v) is 6.29. The van der Waals surface area contributed by atoms with Crippen LogP contribution in [0.15, 0.2) is 34.2 Å². The summed E-state index contributed by atoms with van der Waals surface area (Å²) in [5, 5.41) is 10.7. The second-order valence-electron chi connectivity index (χ2n) is 6.75. The Morgan fingerprint density at radius 3 is 3.00 bits per heavy atom. The van der Waals surface area contributed by atoms with E-state index < -0.39 is 6.10 Å². The number of rotatable bonds is 1. The van der Waals surface area contributed by atoms with Crippen LogP contribution in [-0.4, -0.2) is 26.5 Å². The molecule has 0 amide bonds. The molecule has 1 N–H and O–H groups in total. The minimum absolute atomic E-state index is 0.0232. The lowest BCUT2D eigenvalue weighted by Crippen LogP contribution is -2.42. The first-order valence-corrected chi connectivity index (χ1v) is 9.06. The third-order valence-electron chi connectivity index (χ3n) is 5.17. The SMILES string of the molecule is CC[C@@]1(C)Cc2ccccc2-c2nc3n(c(=O)c21)C[C@H](O)CS3. The lowest BCUT2D eigenvalue weighted by molar-refractivity contribution is 0.166. The molecule has 2 aromatic rings. The Hall–Kier alpha value is -1.59. The Bertz CT molecular complexity index is 845. The molecule has 120 valence electrons. The number of thioether (sulfide) groups is 1. The first-order chi connectivity index (χ1) is 11.0. The zero-order valence-corrected chi connectivity index (χ0v) is 14.2. The van der Waals surface area contributed by atoms with E-state index in [1.54, 1.807) is 4.57 Å². The van der Waals surface area contributed by atoms with Gasteiger partial charge < -0.3 is 5.11 Å². The van der Waals surface area contributed by atoms with Crippen LogP contribution in [0.25, 0.3) is 11.3 Å². The largest absolute Gasteiger partial charge is 0.390 e. The molecule has 1 aromatic carbocycles. The van der Waals surface area contributed by atoms with Gasteiger partial charge in [0.25, 0.3) is 5.56 Å². The van der Waals surface area contributed by atoms with Crippen molar-refractivity contribution in [3.63, 3.8) is 0 Å². The minimum atomic E-state index is -0.478. The van der Waals surface area contributed by atoms with E-state index in [1.165, 1.54) is 17.3 Å². The summed E-state index contributed by atoms with van der Waals surface area (Å²) < 4.78 is 1.67. The predicted octanol–water partition coefficient (Wildman–Crippen LogP) is 2.60. The van der Waals surface area contributed by atoms with E-state index in [4.69, 9.17) is 4.98 Å². The maximum Gasteiger partial charge on any atom is 0.258 e. The van der Waals surface area contributed by atoms with Gasteiger partial charge in [-0.25, -0.2) is 4.98 Å². The number of hydrogen-bond donors (Lipinski definition) is 1. The van der Waals surface area contributed by atoms with Crippen molar-refractivity contribution in [2.45, 2.75) is 49.9 Å². The third kappa shape index (κ3) is 2.17. The van der Waals surface area contributed by atoms with Crippen molar-refractivity contribution in [2.75, 3.05) is 5.75 Å². The van der Waals surface area contributed by atoms with E-state index in [9.17, 15) is 9.90 Å². The van der Waals surface area contributed by atoms with Gasteiger partial charge in [-0.2, -0.15) is 0 Å².